The first kappa shape index (κ1) is 22.1. The van der Waals surface area contributed by atoms with Crippen molar-refractivity contribution in [1.29, 1.82) is 0 Å². The number of carbonyl (C=O) groups is 2. The Bertz CT molecular complexity index is 687. The van der Waals surface area contributed by atoms with E-state index in [1.165, 1.54) is 0 Å². The molecule has 146 valence electrons. The molecule has 1 aromatic rings. The monoisotopic (exact) mass is 379 g/mol. The Morgan fingerprint density at radius 2 is 1.63 bits per heavy atom. The molecule has 0 radical (unpaired) electrons. The Hall–Kier alpha value is -2.96. The molecule has 0 N–H and O–H groups in total. The average Bonchev–Trinajstić information content (AvgIpc) is 2.67. The van der Waals surface area contributed by atoms with Gasteiger partial charge in [-0.15, -0.1) is 0 Å². The second-order valence-corrected chi connectivity index (χ2v) is 5.46. The molecule has 9 nitrogen and oxygen atoms in total. The predicted molar refractivity (Wildman–Crippen MR) is 92.2 cm³/mol. The highest BCUT2D eigenvalue weighted by molar-refractivity contribution is 6.00. The van der Waals surface area contributed by atoms with Gasteiger partial charge in [-0.1, -0.05) is 30.0 Å². The maximum atomic E-state index is 12.5. The topological polar surface area (TPSA) is 114 Å². The lowest BCUT2D eigenvalue weighted by Gasteiger charge is -2.26. The van der Waals surface area contributed by atoms with Crippen LogP contribution in [0, 0.1) is 33.3 Å². The van der Waals surface area contributed by atoms with Gasteiger partial charge in [0, 0.05) is 10.5 Å². The van der Waals surface area contributed by atoms with E-state index in [4.69, 9.17) is 0 Å². The molecule has 0 heterocycles. The van der Waals surface area contributed by atoms with Gasteiger partial charge in [-0.3, -0.25) is 19.9 Å². The molecule has 0 saturated carbocycles. The average molecular weight is 379 g/mol. The van der Waals surface area contributed by atoms with E-state index in [1.807, 2.05) is 0 Å². The second kappa shape index (κ2) is 10.9. The van der Waals surface area contributed by atoms with Crippen LogP contribution in [0.1, 0.15) is 26.3 Å². The number of rotatable bonds is 9. The molecule has 0 fully saturated rings. The van der Waals surface area contributed by atoms with Gasteiger partial charge in [0.15, 0.2) is 5.41 Å². The summed E-state index contributed by atoms with van der Waals surface area (Å²) in [5.74, 6) is 1.66. The van der Waals surface area contributed by atoms with Crippen LogP contribution in [0.5, 0.6) is 0 Å². The van der Waals surface area contributed by atoms with Gasteiger partial charge in [0.25, 0.3) is 0 Å². The lowest BCUT2D eigenvalue weighted by Crippen LogP contribution is -2.47. The highest BCUT2D eigenvalue weighted by atomic mass is 17.2. The molecule has 0 saturated heterocycles. The van der Waals surface area contributed by atoms with Gasteiger partial charge in [0.2, 0.25) is 6.54 Å². The van der Waals surface area contributed by atoms with Gasteiger partial charge >= 0.3 is 11.9 Å². The van der Waals surface area contributed by atoms with E-state index in [0.717, 1.165) is 6.92 Å². The molecule has 0 aliphatic heterocycles. The molecular weight excluding hydrogens is 358 g/mol. The predicted octanol–water partition coefficient (Wildman–Crippen LogP) is 1.93. The van der Waals surface area contributed by atoms with E-state index in [1.54, 1.807) is 44.2 Å². The van der Waals surface area contributed by atoms with Crippen molar-refractivity contribution >= 4 is 11.9 Å². The highest BCUT2D eigenvalue weighted by Crippen LogP contribution is 2.31. The van der Waals surface area contributed by atoms with E-state index in [0.29, 0.717) is 5.56 Å². The largest absolute Gasteiger partial charge is 0.360 e. The van der Waals surface area contributed by atoms with Crippen LogP contribution in [0.15, 0.2) is 30.3 Å². The van der Waals surface area contributed by atoms with Gasteiger partial charge in [-0.05, 0) is 32.9 Å². The minimum atomic E-state index is -2.14. The van der Waals surface area contributed by atoms with Crippen molar-refractivity contribution in [2.45, 2.75) is 20.8 Å². The lowest BCUT2D eigenvalue weighted by atomic mass is 9.77. The van der Waals surface area contributed by atoms with Crippen LogP contribution < -0.4 is 0 Å². The fraction of sp³-hybridized carbons (Fsp3) is 0.444. The maximum Gasteiger partial charge on any atom is 0.360 e. The van der Waals surface area contributed by atoms with Gasteiger partial charge in [-0.2, -0.15) is 9.78 Å². The van der Waals surface area contributed by atoms with Crippen molar-refractivity contribution < 1.29 is 34.1 Å². The minimum Gasteiger partial charge on any atom is -0.297 e. The summed E-state index contributed by atoms with van der Waals surface area (Å²) in [5, 5.41) is 11.1. The zero-order valence-electron chi connectivity index (χ0n) is 15.3. The Balaban J connectivity index is 3.31. The zero-order chi connectivity index (χ0) is 20.3. The number of nitrogens with zero attached hydrogens (tertiary/aromatic N) is 1. The number of hydrogen-bond donors (Lipinski definition) is 0. The Morgan fingerprint density at radius 3 is 2.07 bits per heavy atom. The summed E-state index contributed by atoms with van der Waals surface area (Å²) in [7, 11) is 0. The molecule has 1 atom stereocenters. The van der Waals surface area contributed by atoms with Crippen molar-refractivity contribution in [1.82, 2.24) is 0 Å². The van der Waals surface area contributed by atoms with Gasteiger partial charge < -0.3 is 0 Å². The number of nitro groups is 1. The number of benzene rings is 1. The van der Waals surface area contributed by atoms with E-state index < -0.39 is 34.7 Å². The van der Waals surface area contributed by atoms with Crippen LogP contribution in [-0.4, -0.2) is 36.6 Å². The summed E-state index contributed by atoms with van der Waals surface area (Å²) in [6.45, 7) is 3.53. The fourth-order valence-electron chi connectivity index (χ4n) is 1.98. The van der Waals surface area contributed by atoms with E-state index in [9.17, 15) is 19.7 Å². The smallest absolute Gasteiger partial charge is 0.297 e. The molecule has 27 heavy (non-hydrogen) atoms. The molecule has 0 spiro atoms. The lowest BCUT2D eigenvalue weighted by molar-refractivity contribution is -0.488. The fourth-order valence-corrected chi connectivity index (χ4v) is 1.98. The van der Waals surface area contributed by atoms with Gasteiger partial charge in [-0.25, -0.2) is 9.59 Å². The van der Waals surface area contributed by atoms with Crippen molar-refractivity contribution in [2.24, 2.45) is 11.3 Å². The Labute approximate surface area is 156 Å². The maximum absolute atomic E-state index is 12.5. The molecule has 1 unspecified atom stereocenters. The molecule has 0 aromatic heterocycles. The minimum absolute atomic E-state index is 0.0257. The summed E-state index contributed by atoms with van der Waals surface area (Å²) in [4.78, 5) is 53.7. The quantitative estimate of drug-likeness (QED) is 0.210. The van der Waals surface area contributed by atoms with Crippen LogP contribution in [0.3, 0.4) is 0 Å². The summed E-state index contributed by atoms with van der Waals surface area (Å²) < 4.78 is 0. The zero-order valence-corrected chi connectivity index (χ0v) is 15.3. The van der Waals surface area contributed by atoms with Crippen LogP contribution in [-0.2, 0) is 29.1 Å². The molecule has 0 amide bonds. The third-order valence-corrected chi connectivity index (χ3v) is 3.55. The second-order valence-electron chi connectivity index (χ2n) is 5.46. The first-order valence-electron chi connectivity index (χ1n) is 8.22. The van der Waals surface area contributed by atoms with Crippen molar-refractivity contribution in [3.63, 3.8) is 0 Å². The van der Waals surface area contributed by atoms with Crippen LogP contribution in [0.4, 0.5) is 0 Å². The molecule has 9 heteroatoms. The number of carbonyl (C=O) groups excluding carboxylic acids is 2. The van der Waals surface area contributed by atoms with Gasteiger partial charge in [0.1, 0.15) is 5.92 Å². The molecular formula is C18H21NO8. The first-order chi connectivity index (χ1) is 12.9. The SMILES string of the molecule is CCOOC(=O)C(C)(C(=O)OOCC)C(C#Cc1ccccc1)C[N+](=O)[O-]. The summed E-state index contributed by atoms with van der Waals surface area (Å²) in [6, 6.07) is 8.62. The summed E-state index contributed by atoms with van der Waals surface area (Å²) in [5.41, 5.74) is -1.58. The Morgan fingerprint density at radius 1 is 1.11 bits per heavy atom. The molecule has 0 aliphatic rings. The third kappa shape index (κ3) is 6.36. The molecule has 1 aromatic carbocycles. The van der Waals surface area contributed by atoms with E-state index in [2.05, 4.69) is 31.4 Å². The first-order valence-corrected chi connectivity index (χ1v) is 8.22. The van der Waals surface area contributed by atoms with Crippen molar-refractivity contribution in [3.8, 4) is 11.8 Å². The Kier molecular flexibility index (Phi) is 8.92. The standard InChI is InChI=1S/C18H21NO8/c1-4-24-26-16(20)18(3,17(21)27-25-5-2)15(13-19(22)23)12-11-14-9-7-6-8-10-14/h6-10,15H,4-5,13H2,1-3H3. The van der Waals surface area contributed by atoms with Crippen molar-refractivity contribution in [2.75, 3.05) is 19.8 Å². The van der Waals surface area contributed by atoms with E-state index >= 15 is 0 Å². The number of hydrogen-bond acceptors (Lipinski definition) is 8. The van der Waals surface area contributed by atoms with Crippen LogP contribution in [0.25, 0.3) is 0 Å². The molecule has 0 aliphatic carbocycles. The van der Waals surface area contributed by atoms with Crippen molar-refractivity contribution in [3.05, 3.63) is 46.0 Å². The molecule has 1 rings (SSSR count). The highest BCUT2D eigenvalue weighted by Gasteiger charge is 2.54. The van der Waals surface area contributed by atoms with Gasteiger partial charge in [0.05, 0.1) is 13.2 Å². The van der Waals surface area contributed by atoms with Crippen LogP contribution >= 0.6 is 0 Å². The van der Waals surface area contributed by atoms with Crippen LogP contribution in [0.2, 0.25) is 0 Å². The molecule has 0 bridgehead atoms. The summed E-state index contributed by atoms with van der Waals surface area (Å²) in [6.07, 6.45) is 0. The van der Waals surface area contributed by atoms with E-state index in [-0.39, 0.29) is 13.2 Å². The summed E-state index contributed by atoms with van der Waals surface area (Å²) >= 11 is 0. The normalized spacial score (nSPS) is 11.7. The third-order valence-electron chi connectivity index (χ3n) is 3.55.